The number of halogens is 1. The molecule has 0 aliphatic heterocycles. The molecule has 1 heterocycles. The number of rotatable bonds is 9. The molecule has 0 radical (unpaired) electrons. The van der Waals surface area contributed by atoms with Crippen molar-refractivity contribution in [3.63, 3.8) is 0 Å². The molecule has 0 aliphatic rings. The fraction of sp³-hybridized carbons (Fsp3) is 0.286. The molecule has 3 rings (SSSR count). The van der Waals surface area contributed by atoms with E-state index < -0.39 is 0 Å². The molecule has 4 N–H and O–H groups in total. The van der Waals surface area contributed by atoms with Gasteiger partial charge >= 0.3 is 0 Å². The molecule has 0 fully saturated rings. The van der Waals surface area contributed by atoms with Gasteiger partial charge in [0.1, 0.15) is 11.6 Å². The number of carbonyl (C=O) groups excluding carboxylic acids is 1. The van der Waals surface area contributed by atoms with Crippen LogP contribution in [0.1, 0.15) is 31.2 Å². The molecule has 0 aliphatic carbocycles. The minimum Gasteiger partial charge on any atom is -0.494 e. The molecule has 1 aromatic heterocycles. The van der Waals surface area contributed by atoms with Crippen molar-refractivity contribution in [2.45, 2.75) is 32.7 Å². The molecule has 29 heavy (non-hydrogen) atoms. The molecule has 0 spiro atoms. The molecule has 2 aromatic carbocycles. The summed E-state index contributed by atoms with van der Waals surface area (Å²) >= 11 is 0. The van der Waals surface area contributed by atoms with Gasteiger partial charge in [-0.05, 0) is 54.8 Å². The topological polar surface area (TPSA) is 106 Å². The summed E-state index contributed by atoms with van der Waals surface area (Å²) in [4.78, 5) is 16.5. The maximum Gasteiger partial charge on any atom is 0.224 e. The summed E-state index contributed by atoms with van der Waals surface area (Å²) in [5.41, 5.74) is 8.24. The van der Waals surface area contributed by atoms with Crippen LogP contribution in [-0.4, -0.2) is 27.7 Å². The highest BCUT2D eigenvalue weighted by Gasteiger charge is 2.07. The first-order valence-electron chi connectivity index (χ1n) is 9.41. The zero-order valence-electron chi connectivity index (χ0n) is 16.4. The van der Waals surface area contributed by atoms with E-state index in [1.807, 2.05) is 48.5 Å². The van der Waals surface area contributed by atoms with Crippen LogP contribution in [0.4, 0.5) is 5.69 Å². The number of nitrogens with two attached hydrogens (primary N) is 1. The molecule has 0 unspecified atom stereocenters. The largest absolute Gasteiger partial charge is 0.494 e. The maximum absolute atomic E-state index is 12.2. The number of aromatic nitrogens is 3. The van der Waals surface area contributed by atoms with Crippen LogP contribution < -0.4 is 15.8 Å². The summed E-state index contributed by atoms with van der Waals surface area (Å²) in [5.74, 6) is 2.06. The fourth-order valence-electron chi connectivity index (χ4n) is 2.67. The third-order valence-corrected chi connectivity index (χ3v) is 4.19. The van der Waals surface area contributed by atoms with Crippen molar-refractivity contribution < 1.29 is 9.53 Å². The Labute approximate surface area is 176 Å². The van der Waals surface area contributed by atoms with Crippen molar-refractivity contribution in [1.82, 2.24) is 15.2 Å². The molecule has 3 aromatic rings. The summed E-state index contributed by atoms with van der Waals surface area (Å²) in [6, 6.07) is 15.3. The van der Waals surface area contributed by atoms with Gasteiger partial charge in [0.15, 0.2) is 5.82 Å². The number of benzene rings is 2. The summed E-state index contributed by atoms with van der Waals surface area (Å²) in [7, 11) is 0. The average molecular weight is 416 g/mol. The highest BCUT2D eigenvalue weighted by Crippen LogP contribution is 2.18. The number of H-pyrrole nitrogens is 1. The Hall–Kier alpha value is -2.90. The number of carbonyl (C=O) groups is 1. The Kier molecular flexibility index (Phi) is 8.64. The van der Waals surface area contributed by atoms with Gasteiger partial charge in [0.25, 0.3) is 0 Å². The van der Waals surface area contributed by atoms with Gasteiger partial charge in [0, 0.05) is 17.7 Å². The zero-order valence-corrected chi connectivity index (χ0v) is 17.2. The van der Waals surface area contributed by atoms with Crippen molar-refractivity contribution in [3.05, 3.63) is 59.9 Å². The smallest absolute Gasteiger partial charge is 0.224 e. The summed E-state index contributed by atoms with van der Waals surface area (Å²) < 4.78 is 5.57. The number of nitrogens with zero attached hydrogens (tertiary/aromatic N) is 2. The molecule has 0 bridgehead atoms. The van der Waals surface area contributed by atoms with E-state index in [9.17, 15) is 4.79 Å². The maximum atomic E-state index is 12.2. The van der Waals surface area contributed by atoms with E-state index in [1.54, 1.807) is 0 Å². The van der Waals surface area contributed by atoms with Crippen LogP contribution in [0.3, 0.4) is 0 Å². The van der Waals surface area contributed by atoms with E-state index >= 15 is 0 Å². The third kappa shape index (κ3) is 6.58. The van der Waals surface area contributed by atoms with Crippen LogP contribution in [0.2, 0.25) is 0 Å². The van der Waals surface area contributed by atoms with E-state index in [0.29, 0.717) is 37.6 Å². The Morgan fingerprint density at radius 2 is 1.86 bits per heavy atom. The first kappa shape index (κ1) is 22.4. The molecular formula is C21H26ClN5O2. The van der Waals surface area contributed by atoms with Gasteiger partial charge in [0.2, 0.25) is 5.91 Å². The number of anilines is 1. The van der Waals surface area contributed by atoms with Crippen LogP contribution in [0.25, 0.3) is 11.4 Å². The Morgan fingerprint density at radius 3 is 2.48 bits per heavy atom. The molecular weight excluding hydrogens is 390 g/mol. The lowest BCUT2D eigenvalue weighted by Gasteiger charge is -2.07. The number of aromatic amines is 1. The SMILES string of the molecule is CCCOc1ccc(CCC(=O)Nc2ccc(-c3n[nH]c(CN)n3)cc2)cc1.Cl. The van der Waals surface area contributed by atoms with E-state index in [2.05, 4.69) is 27.4 Å². The lowest BCUT2D eigenvalue weighted by atomic mass is 10.1. The second-order valence-electron chi connectivity index (χ2n) is 6.43. The molecule has 1 amide bonds. The van der Waals surface area contributed by atoms with Crippen molar-refractivity contribution >= 4 is 24.0 Å². The number of amides is 1. The molecule has 8 heteroatoms. The fourth-order valence-corrected chi connectivity index (χ4v) is 2.67. The van der Waals surface area contributed by atoms with Gasteiger partial charge in [0.05, 0.1) is 13.2 Å². The summed E-state index contributed by atoms with van der Waals surface area (Å²) in [6.07, 6.45) is 2.07. The number of aryl methyl sites for hydroxylation is 1. The van der Waals surface area contributed by atoms with Crippen molar-refractivity contribution in [3.8, 4) is 17.1 Å². The van der Waals surface area contributed by atoms with E-state index in [-0.39, 0.29) is 18.3 Å². The summed E-state index contributed by atoms with van der Waals surface area (Å²) in [6.45, 7) is 3.10. The number of ether oxygens (including phenoxy) is 1. The lowest BCUT2D eigenvalue weighted by Crippen LogP contribution is -2.12. The normalized spacial score (nSPS) is 10.3. The van der Waals surface area contributed by atoms with Gasteiger partial charge < -0.3 is 15.8 Å². The minimum atomic E-state index is -0.0256. The Balaban J connectivity index is 0.00000300. The minimum absolute atomic E-state index is 0. The van der Waals surface area contributed by atoms with Gasteiger partial charge in [-0.1, -0.05) is 19.1 Å². The van der Waals surface area contributed by atoms with Gasteiger partial charge in [-0.15, -0.1) is 12.4 Å². The number of hydrogen-bond acceptors (Lipinski definition) is 5. The predicted molar refractivity (Wildman–Crippen MR) is 116 cm³/mol. The molecule has 0 saturated carbocycles. The highest BCUT2D eigenvalue weighted by atomic mass is 35.5. The van der Waals surface area contributed by atoms with Gasteiger partial charge in [-0.25, -0.2) is 4.98 Å². The third-order valence-electron chi connectivity index (χ3n) is 4.19. The lowest BCUT2D eigenvalue weighted by molar-refractivity contribution is -0.116. The van der Waals surface area contributed by atoms with Crippen molar-refractivity contribution in [1.29, 1.82) is 0 Å². The quantitative estimate of drug-likeness (QED) is 0.494. The van der Waals surface area contributed by atoms with Crippen LogP contribution >= 0.6 is 12.4 Å². The predicted octanol–water partition coefficient (Wildman–Crippen LogP) is 3.71. The molecule has 154 valence electrons. The first-order chi connectivity index (χ1) is 13.7. The second kappa shape index (κ2) is 11.2. The zero-order chi connectivity index (χ0) is 19.8. The highest BCUT2D eigenvalue weighted by molar-refractivity contribution is 5.91. The van der Waals surface area contributed by atoms with Crippen LogP contribution in [0, 0.1) is 0 Å². The van der Waals surface area contributed by atoms with Gasteiger partial charge in [-0.2, -0.15) is 5.10 Å². The Bertz CT molecular complexity index is 894. The standard InChI is InChI=1S/C21H25N5O2.ClH/c1-2-13-28-18-10-3-15(4-11-18)5-12-20(27)23-17-8-6-16(7-9-17)21-24-19(14-22)25-26-21;/h3-4,6-11H,2,5,12-14,22H2,1H3,(H,23,27)(H,24,25,26);1H. The summed E-state index contributed by atoms with van der Waals surface area (Å²) in [5, 5.41) is 9.82. The van der Waals surface area contributed by atoms with Crippen molar-refractivity contribution in [2.75, 3.05) is 11.9 Å². The number of hydrogen-bond donors (Lipinski definition) is 3. The van der Waals surface area contributed by atoms with Crippen LogP contribution in [-0.2, 0) is 17.8 Å². The van der Waals surface area contributed by atoms with Crippen LogP contribution in [0.5, 0.6) is 5.75 Å². The van der Waals surface area contributed by atoms with Gasteiger partial charge in [-0.3, -0.25) is 9.89 Å². The average Bonchev–Trinajstić information content (AvgIpc) is 3.21. The molecule has 7 nitrogen and oxygen atoms in total. The molecule has 0 atom stereocenters. The number of nitrogens with one attached hydrogen (secondary N) is 2. The van der Waals surface area contributed by atoms with E-state index in [4.69, 9.17) is 10.5 Å². The van der Waals surface area contributed by atoms with E-state index in [0.717, 1.165) is 29.0 Å². The van der Waals surface area contributed by atoms with Crippen molar-refractivity contribution in [2.24, 2.45) is 5.73 Å². The first-order valence-corrected chi connectivity index (χ1v) is 9.41. The van der Waals surface area contributed by atoms with E-state index in [1.165, 1.54) is 0 Å². The van der Waals surface area contributed by atoms with Crippen LogP contribution in [0.15, 0.2) is 48.5 Å². The monoisotopic (exact) mass is 415 g/mol. The molecule has 0 saturated heterocycles. The second-order valence-corrected chi connectivity index (χ2v) is 6.43. The Morgan fingerprint density at radius 1 is 1.14 bits per heavy atom.